The van der Waals surface area contributed by atoms with Crippen molar-refractivity contribution in [3.05, 3.63) is 84.6 Å². The van der Waals surface area contributed by atoms with Crippen molar-refractivity contribution in [2.45, 2.75) is 36.2 Å². The van der Waals surface area contributed by atoms with E-state index in [-0.39, 0.29) is 10.6 Å². The maximum Gasteiger partial charge on any atom is 0.573 e. The summed E-state index contributed by atoms with van der Waals surface area (Å²) < 4.78 is 71.3. The van der Waals surface area contributed by atoms with Crippen LogP contribution < -0.4 is 19.1 Å². The zero-order valence-electron chi connectivity index (χ0n) is 18.7. The number of alkyl halides is 3. The van der Waals surface area contributed by atoms with Crippen LogP contribution in [0.2, 0.25) is 0 Å². The van der Waals surface area contributed by atoms with Gasteiger partial charge in [0.25, 0.3) is 0 Å². The monoisotopic (exact) mass is 517 g/mol. The molecule has 0 fully saturated rings. The van der Waals surface area contributed by atoms with Crippen LogP contribution >= 0.6 is 0 Å². The fourth-order valence-corrected chi connectivity index (χ4v) is 5.59. The summed E-state index contributed by atoms with van der Waals surface area (Å²) in [6, 6.07) is 18.7. The molecule has 1 aliphatic carbocycles. The molecule has 5 rings (SSSR count). The van der Waals surface area contributed by atoms with Gasteiger partial charge in [-0.1, -0.05) is 30.3 Å². The highest BCUT2D eigenvalue weighted by Gasteiger charge is 2.37. The van der Waals surface area contributed by atoms with Crippen LogP contribution in [-0.2, 0) is 9.92 Å². The van der Waals surface area contributed by atoms with Crippen LogP contribution in [0.5, 0.6) is 17.2 Å². The van der Waals surface area contributed by atoms with Crippen molar-refractivity contribution in [1.29, 1.82) is 4.78 Å². The van der Waals surface area contributed by atoms with Crippen molar-refractivity contribution in [3.63, 3.8) is 0 Å². The normalized spacial score (nSPS) is 20.8. The first-order valence-corrected chi connectivity index (χ1v) is 12.6. The molecule has 0 radical (unpaired) electrons. The summed E-state index contributed by atoms with van der Waals surface area (Å²) in [4.78, 5) is 1.94. The molecule has 3 atom stereocenters. The highest BCUT2D eigenvalue weighted by Crippen LogP contribution is 2.49. The lowest BCUT2D eigenvalue weighted by Gasteiger charge is -2.42. The van der Waals surface area contributed by atoms with E-state index in [4.69, 9.17) is 9.52 Å². The van der Waals surface area contributed by atoms with Crippen molar-refractivity contribution < 1.29 is 32.0 Å². The number of nitrogens with zero attached hydrogens (tertiary/aromatic N) is 1. The minimum atomic E-state index is -4.86. The molecule has 0 saturated heterocycles. The van der Waals surface area contributed by atoms with E-state index in [9.17, 15) is 22.5 Å². The van der Waals surface area contributed by atoms with Gasteiger partial charge in [-0.3, -0.25) is 4.72 Å². The Morgan fingerprint density at radius 1 is 1.00 bits per heavy atom. The van der Waals surface area contributed by atoms with Gasteiger partial charge >= 0.3 is 6.36 Å². The van der Waals surface area contributed by atoms with E-state index in [0.717, 1.165) is 35.6 Å². The molecule has 0 spiro atoms. The third-order valence-electron chi connectivity index (χ3n) is 5.96. The van der Waals surface area contributed by atoms with Crippen molar-refractivity contribution >= 4 is 21.3 Å². The summed E-state index contributed by atoms with van der Waals surface area (Å²) in [5.41, 5.74) is 1.75. The highest BCUT2D eigenvalue weighted by atomic mass is 32.2. The molecule has 188 valence electrons. The number of aliphatic hydroxyl groups excluding tert-OH is 1. The Hall–Kier alpha value is -3.70. The fourth-order valence-electron chi connectivity index (χ4n) is 4.42. The number of nitrogens with one attached hydrogen (secondary N) is 2. The molecule has 0 saturated carbocycles. The van der Waals surface area contributed by atoms with Gasteiger partial charge in [-0.15, -0.1) is 13.2 Å². The summed E-state index contributed by atoms with van der Waals surface area (Å²) >= 11 is 0. The number of aliphatic hydroxyl groups is 1. The van der Waals surface area contributed by atoms with Crippen LogP contribution in [0.25, 0.3) is 0 Å². The number of para-hydroxylation sites is 4. The van der Waals surface area contributed by atoms with Crippen molar-refractivity contribution in [2.24, 2.45) is 0 Å². The predicted molar refractivity (Wildman–Crippen MR) is 128 cm³/mol. The van der Waals surface area contributed by atoms with E-state index in [1.165, 1.54) is 0 Å². The van der Waals surface area contributed by atoms with Gasteiger partial charge < -0.3 is 19.5 Å². The Labute approximate surface area is 205 Å². The molecule has 1 unspecified atom stereocenters. The van der Waals surface area contributed by atoms with Crippen molar-refractivity contribution in [1.82, 2.24) is 4.72 Å². The van der Waals surface area contributed by atoms with Gasteiger partial charge in [-0.05, 0) is 61.4 Å². The predicted octanol–water partition coefficient (Wildman–Crippen LogP) is 5.85. The molecule has 36 heavy (non-hydrogen) atoms. The lowest BCUT2D eigenvalue weighted by atomic mass is 9.93. The second kappa shape index (κ2) is 9.07. The van der Waals surface area contributed by atoms with Crippen LogP contribution in [0, 0.1) is 4.78 Å². The summed E-state index contributed by atoms with van der Waals surface area (Å²) in [5.74, 6) is 0.791. The van der Waals surface area contributed by atoms with Gasteiger partial charge in [-0.25, -0.2) is 8.99 Å². The Morgan fingerprint density at radius 2 is 1.58 bits per heavy atom. The average molecular weight is 518 g/mol. The molecular formula is C25H22F3N3O4S. The molecule has 2 aliphatic rings. The molecule has 3 aromatic rings. The number of fused-ring (bicyclic) bond motifs is 2. The van der Waals surface area contributed by atoms with Crippen LogP contribution in [0.3, 0.4) is 0 Å². The zero-order chi connectivity index (χ0) is 25.5. The molecule has 0 aromatic heterocycles. The molecule has 0 amide bonds. The maximum absolute atomic E-state index is 13.2. The molecule has 11 heteroatoms. The molecule has 3 aromatic carbocycles. The number of allylic oxidation sites excluding steroid dienone is 1. The smallest absolute Gasteiger partial charge is 0.453 e. The SMILES string of the molecule is N=S(=O)(NC1=CCC[C@H](N2c3ccccc3Oc3ccccc32)[C@@H]1O)c1ccc(OC(F)(F)F)cc1. The van der Waals surface area contributed by atoms with Gasteiger partial charge in [0.2, 0.25) is 0 Å². The summed E-state index contributed by atoms with van der Waals surface area (Å²) in [6.45, 7) is 0. The quantitative estimate of drug-likeness (QED) is 0.395. The van der Waals surface area contributed by atoms with E-state index < -0.39 is 34.2 Å². The number of hydrogen-bond donors (Lipinski definition) is 3. The topological polar surface area (TPSA) is 94.9 Å². The van der Waals surface area contributed by atoms with Gasteiger partial charge in [-0.2, -0.15) is 0 Å². The van der Waals surface area contributed by atoms with E-state index >= 15 is 0 Å². The van der Waals surface area contributed by atoms with Gasteiger partial charge in [0.1, 0.15) is 11.9 Å². The minimum Gasteiger partial charge on any atom is -0.453 e. The number of hydrogen-bond acceptors (Lipinski definition) is 6. The molecule has 1 aliphatic heterocycles. The van der Waals surface area contributed by atoms with Crippen molar-refractivity contribution in [3.8, 4) is 17.2 Å². The largest absolute Gasteiger partial charge is 0.573 e. The van der Waals surface area contributed by atoms with Crippen LogP contribution in [-0.4, -0.2) is 27.8 Å². The standard InChI is InChI=1S/C25H22F3N3O4S/c26-25(27,28)35-16-12-14-17(15-13-16)36(29,33)30-18-6-5-9-21(24(18)32)31-19-7-1-3-10-22(19)34-23-11-4-2-8-20(23)31/h1-4,6-8,10-15,21,24,32H,5,9H2,(H2,29,30,33)/t21-,24+,36?/m0/s1. The number of rotatable bonds is 5. The Bertz CT molecular complexity index is 1360. The first-order valence-electron chi connectivity index (χ1n) is 11.1. The third-order valence-corrected chi connectivity index (χ3v) is 7.42. The maximum atomic E-state index is 13.2. The minimum absolute atomic E-state index is 0.0469. The number of benzene rings is 3. The number of ether oxygens (including phenoxy) is 2. The van der Waals surface area contributed by atoms with Crippen LogP contribution in [0.15, 0.2) is 89.5 Å². The molecule has 1 heterocycles. The van der Waals surface area contributed by atoms with Gasteiger partial charge in [0.15, 0.2) is 21.4 Å². The second-order valence-electron chi connectivity index (χ2n) is 8.33. The Kier molecular flexibility index (Phi) is 6.05. The van der Waals surface area contributed by atoms with Crippen LogP contribution in [0.1, 0.15) is 12.8 Å². The fraction of sp³-hybridized carbons (Fsp3) is 0.200. The molecule has 3 N–H and O–H groups in total. The van der Waals surface area contributed by atoms with E-state index in [1.807, 2.05) is 53.4 Å². The number of halogens is 3. The lowest BCUT2D eigenvalue weighted by molar-refractivity contribution is -0.274. The zero-order valence-corrected chi connectivity index (χ0v) is 19.6. The average Bonchev–Trinajstić information content (AvgIpc) is 2.83. The highest BCUT2D eigenvalue weighted by molar-refractivity contribution is 7.90. The second-order valence-corrected chi connectivity index (χ2v) is 10.1. The van der Waals surface area contributed by atoms with Crippen molar-refractivity contribution in [2.75, 3.05) is 4.90 Å². The Balaban J connectivity index is 1.41. The lowest BCUT2D eigenvalue weighted by Crippen LogP contribution is -2.47. The summed E-state index contributed by atoms with van der Waals surface area (Å²) in [6.07, 6.45) is -3.17. The van der Waals surface area contributed by atoms with Gasteiger partial charge in [0, 0.05) is 0 Å². The summed E-state index contributed by atoms with van der Waals surface area (Å²) in [7, 11) is -3.69. The van der Waals surface area contributed by atoms with E-state index in [1.54, 1.807) is 6.08 Å². The van der Waals surface area contributed by atoms with E-state index in [2.05, 4.69) is 9.46 Å². The van der Waals surface area contributed by atoms with Crippen LogP contribution in [0.4, 0.5) is 24.5 Å². The number of anilines is 2. The first-order chi connectivity index (χ1) is 17.1. The third kappa shape index (κ3) is 4.71. The first kappa shape index (κ1) is 24.0. The Morgan fingerprint density at radius 3 is 2.17 bits per heavy atom. The molecule has 7 nitrogen and oxygen atoms in total. The molecule has 0 bridgehead atoms. The summed E-state index contributed by atoms with van der Waals surface area (Å²) in [5, 5.41) is 11.3. The van der Waals surface area contributed by atoms with Gasteiger partial charge in [0.05, 0.1) is 28.0 Å². The molecular weight excluding hydrogens is 495 g/mol. The van der Waals surface area contributed by atoms with E-state index in [0.29, 0.717) is 24.3 Å².